The zero-order valence-corrected chi connectivity index (χ0v) is 46.5. The third kappa shape index (κ3) is 57.1. The first-order valence-electron chi connectivity index (χ1n) is 29.7. The number of hydrogen-bond donors (Lipinski definition) is 0. The Balaban J connectivity index is 4.46. The van der Waals surface area contributed by atoms with Gasteiger partial charge in [-0.2, -0.15) is 0 Å². The highest BCUT2D eigenvalue weighted by Crippen LogP contribution is 2.15. The topological polar surface area (TPSA) is 78.9 Å². The van der Waals surface area contributed by atoms with Gasteiger partial charge < -0.3 is 14.2 Å². The molecule has 0 aromatic carbocycles. The summed E-state index contributed by atoms with van der Waals surface area (Å²) in [6.45, 7) is 6.47. The van der Waals surface area contributed by atoms with Gasteiger partial charge in [-0.1, -0.05) is 234 Å². The summed E-state index contributed by atoms with van der Waals surface area (Å²) in [7, 11) is 0. The van der Waals surface area contributed by atoms with Gasteiger partial charge >= 0.3 is 17.9 Å². The van der Waals surface area contributed by atoms with Crippen LogP contribution in [0.1, 0.15) is 278 Å². The lowest BCUT2D eigenvalue weighted by atomic mass is 10.1. The largest absolute Gasteiger partial charge is 0.462 e. The third-order valence-electron chi connectivity index (χ3n) is 12.5. The van der Waals surface area contributed by atoms with E-state index in [0.717, 1.165) is 122 Å². The van der Waals surface area contributed by atoms with Gasteiger partial charge in [0.1, 0.15) is 13.2 Å². The van der Waals surface area contributed by atoms with Crippen LogP contribution in [0.4, 0.5) is 0 Å². The lowest BCUT2D eigenvalue weighted by Gasteiger charge is -2.18. The highest BCUT2D eigenvalue weighted by molar-refractivity contribution is 5.71. The zero-order valence-electron chi connectivity index (χ0n) is 46.5. The normalized spacial score (nSPS) is 12.8. The van der Waals surface area contributed by atoms with Crippen molar-refractivity contribution in [3.8, 4) is 0 Å². The summed E-state index contributed by atoms with van der Waals surface area (Å²) in [5.74, 6) is -0.941. The highest BCUT2D eigenvalue weighted by Gasteiger charge is 2.19. The number of rotatable bonds is 53. The van der Waals surface area contributed by atoms with Crippen LogP contribution in [-0.4, -0.2) is 37.2 Å². The fourth-order valence-corrected chi connectivity index (χ4v) is 8.08. The molecule has 0 aromatic heterocycles. The second-order valence-electron chi connectivity index (χ2n) is 19.5. The van der Waals surface area contributed by atoms with Crippen LogP contribution in [0.25, 0.3) is 0 Å². The van der Waals surface area contributed by atoms with E-state index >= 15 is 0 Å². The van der Waals surface area contributed by atoms with Crippen LogP contribution in [0.5, 0.6) is 0 Å². The van der Waals surface area contributed by atoms with Crippen molar-refractivity contribution in [1.82, 2.24) is 0 Å². The van der Waals surface area contributed by atoms with Gasteiger partial charge in [0.2, 0.25) is 0 Å². The van der Waals surface area contributed by atoms with Crippen molar-refractivity contribution in [2.75, 3.05) is 13.2 Å². The van der Waals surface area contributed by atoms with Gasteiger partial charge in [0, 0.05) is 19.3 Å². The average molecular weight is 988 g/mol. The maximum absolute atomic E-state index is 12.9. The van der Waals surface area contributed by atoms with Crippen LogP contribution >= 0.6 is 0 Å². The molecule has 0 saturated carbocycles. The average Bonchev–Trinajstić information content (AvgIpc) is 3.37. The fraction of sp³-hybridized carbons (Fsp3) is 0.708. The first-order chi connectivity index (χ1) is 35.0. The monoisotopic (exact) mass is 987 g/mol. The number of hydrogen-bond acceptors (Lipinski definition) is 6. The van der Waals surface area contributed by atoms with E-state index in [0.29, 0.717) is 12.8 Å². The van der Waals surface area contributed by atoms with Crippen molar-refractivity contribution in [2.45, 2.75) is 284 Å². The van der Waals surface area contributed by atoms with Crippen molar-refractivity contribution >= 4 is 17.9 Å². The number of carbonyl (C=O) groups is 3. The number of esters is 3. The molecule has 6 nitrogen and oxygen atoms in total. The summed E-state index contributed by atoms with van der Waals surface area (Å²) in [6, 6.07) is 0. The maximum Gasteiger partial charge on any atom is 0.306 e. The van der Waals surface area contributed by atoms with Crippen molar-refractivity contribution in [1.29, 1.82) is 0 Å². The summed E-state index contributed by atoms with van der Waals surface area (Å²) in [6.07, 6.45) is 78.2. The molecule has 0 aliphatic carbocycles. The highest BCUT2D eigenvalue weighted by atomic mass is 16.6. The van der Waals surface area contributed by atoms with Gasteiger partial charge in [-0.3, -0.25) is 14.4 Å². The second kappa shape index (κ2) is 58.9. The Hall–Kier alpha value is -3.67. The summed E-state index contributed by atoms with van der Waals surface area (Å²) < 4.78 is 16.9. The van der Waals surface area contributed by atoms with E-state index in [1.54, 1.807) is 0 Å². The van der Waals surface area contributed by atoms with E-state index in [4.69, 9.17) is 14.2 Å². The minimum atomic E-state index is -0.803. The maximum atomic E-state index is 12.9. The van der Waals surface area contributed by atoms with Crippen LogP contribution in [0.3, 0.4) is 0 Å². The Morgan fingerprint density at radius 1 is 0.296 bits per heavy atom. The first kappa shape index (κ1) is 67.3. The van der Waals surface area contributed by atoms with Crippen LogP contribution in [0, 0.1) is 0 Å². The van der Waals surface area contributed by atoms with Crippen LogP contribution < -0.4 is 0 Å². The molecule has 0 aliphatic heterocycles. The molecule has 0 aliphatic rings. The Morgan fingerprint density at radius 3 is 0.915 bits per heavy atom. The lowest BCUT2D eigenvalue weighted by Crippen LogP contribution is -2.30. The molecule has 71 heavy (non-hydrogen) atoms. The van der Waals surface area contributed by atoms with Crippen molar-refractivity contribution in [3.63, 3.8) is 0 Å². The molecule has 0 unspecified atom stereocenters. The molecule has 0 spiro atoms. The third-order valence-corrected chi connectivity index (χ3v) is 12.5. The number of unbranched alkanes of at least 4 members (excludes halogenated alkanes) is 26. The lowest BCUT2D eigenvalue weighted by molar-refractivity contribution is -0.167. The fourth-order valence-electron chi connectivity index (χ4n) is 8.08. The molecule has 0 rings (SSSR count). The number of carbonyl (C=O) groups excluding carboxylic acids is 3. The molecule has 0 heterocycles. The summed E-state index contributed by atoms with van der Waals surface area (Å²) in [5.41, 5.74) is 0. The summed E-state index contributed by atoms with van der Waals surface area (Å²) >= 11 is 0. The molecule has 0 radical (unpaired) electrons. The molecule has 0 saturated heterocycles. The molecule has 406 valence electrons. The van der Waals surface area contributed by atoms with Gasteiger partial charge in [-0.05, 0) is 122 Å². The van der Waals surface area contributed by atoms with E-state index in [1.807, 2.05) is 0 Å². The Kier molecular flexibility index (Phi) is 55.9. The molecule has 1 atom stereocenters. The SMILES string of the molecule is CC/C=C\C/C=C\C/C=C\C/C=C\C/C=C\CCCCCC(=O)O[C@H](COC(=O)CCCCCCC/C=C\C/C=C\CCCCC)COC(=O)CCCCCCCCCCC/C=C\CCCCCCCC. The van der Waals surface area contributed by atoms with Gasteiger partial charge in [0.05, 0.1) is 0 Å². The Bertz CT molecular complexity index is 1410. The van der Waals surface area contributed by atoms with E-state index < -0.39 is 6.10 Å². The molecule has 0 bridgehead atoms. The Morgan fingerprint density at radius 2 is 0.549 bits per heavy atom. The molecule has 0 N–H and O–H groups in total. The number of ether oxygens (including phenoxy) is 3. The van der Waals surface area contributed by atoms with E-state index in [2.05, 4.69) is 118 Å². The molecular weight excluding hydrogens is 877 g/mol. The van der Waals surface area contributed by atoms with Crippen molar-refractivity contribution in [2.24, 2.45) is 0 Å². The molecular formula is C65H110O6. The molecule has 0 aromatic rings. The van der Waals surface area contributed by atoms with Crippen LogP contribution in [-0.2, 0) is 28.6 Å². The summed E-state index contributed by atoms with van der Waals surface area (Å²) in [5, 5.41) is 0. The predicted molar refractivity (Wildman–Crippen MR) is 307 cm³/mol. The molecule has 6 heteroatoms. The Labute approximate surface area is 438 Å². The first-order valence-corrected chi connectivity index (χ1v) is 29.7. The molecule has 0 amide bonds. The van der Waals surface area contributed by atoms with Crippen molar-refractivity contribution < 1.29 is 28.6 Å². The van der Waals surface area contributed by atoms with Crippen LogP contribution in [0.2, 0.25) is 0 Å². The van der Waals surface area contributed by atoms with E-state index in [-0.39, 0.29) is 37.5 Å². The minimum Gasteiger partial charge on any atom is -0.462 e. The van der Waals surface area contributed by atoms with E-state index in [1.165, 1.54) is 116 Å². The standard InChI is InChI=1S/C65H110O6/c1-4-7-10-13-16-19-22-25-28-30-32-34-37-40-43-46-49-52-55-58-64(67)70-61-62(60-69-63(66)57-54-51-48-45-42-39-36-27-24-21-18-15-12-9-6-3)71-65(68)59-56-53-50-47-44-41-38-35-33-31-29-26-23-20-17-14-11-8-5-2/h8,11,17-18,20-21,25-29,33,35-36,41,44,62H,4-7,9-10,12-16,19,22-24,30-32,34,37-40,42-43,45-61H2,1-3H3/b11-8-,20-17-,21-18-,28-25-,29-26-,35-33-,36-27-,44-41-/t62-/m1/s1. The van der Waals surface area contributed by atoms with Crippen LogP contribution in [0.15, 0.2) is 97.2 Å². The van der Waals surface area contributed by atoms with Gasteiger partial charge in [-0.15, -0.1) is 0 Å². The summed E-state index contributed by atoms with van der Waals surface area (Å²) in [4.78, 5) is 38.2. The van der Waals surface area contributed by atoms with Gasteiger partial charge in [0.15, 0.2) is 6.10 Å². The minimum absolute atomic E-state index is 0.0967. The smallest absolute Gasteiger partial charge is 0.306 e. The van der Waals surface area contributed by atoms with Crippen molar-refractivity contribution in [3.05, 3.63) is 97.2 Å². The predicted octanol–water partition coefficient (Wildman–Crippen LogP) is 20.1. The number of allylic oxidation sites excluding steroid dienone is 16. The zero-order chi connectivity index (χ0) is 51.4. The quantitative estimate of drug-likeness (QED) is 0.0261. The second-order valence-corrected chi connectivity index (χ2v) is 19.5. The van der Waals surface area contributed by atoms with Gasteiger partial charge in [0.25, 0.3) is 0 Å². The van der Waals surface area contributed by atoms with Gasteiger partial charge in [-0.25, -0.2) is 0 Å². The molecule has 0 fully saturated rings. The van der Waals surface area contributed by atoms with E-state index in [9.17, 15) is 14.4 Å².